The summed E-state index contributed by atoms with van der Waals surface area (Å²) in [4.78, 5) is 38.6. The largest absolute Gasteiger partial charge is 0.508 e. The molecule has 2 saturated carbocycles. The molecule has 0 spiro atoms. The van der Waals surface area contributed by atoms with Gasteiger partial charge in [0, 0.05) is 43.3 Å². The fourth-order valence-corrected chi connectivity index (χ4v) is 6.24. The number of phenolic OH excluding ortho intramolecular Hbond substituents is 1. The Kier molecular flexibility index (Phi) is 9.34. The van der Waals surface area contributed by atoms with E-state index < -0.39 is 30.1 Å². The van der Waals surface area contributed by atoms with Crippen LogP contribution in [0.25, 0.3) is 6.08 Å². The number of rotatable bonds is 13. The zero-order chi connectivity index (χ0) is 31.4. The third-order valence-corrected chi connectivity index (χ3v) is 8.79. The number of aromatic hydroxyl groups is 1. The quantitative estimate of drug-likeness (QED) is 0.251. The van der Waals surface area contributed by atoms with Crippen molar-refractivity contribution in [1.29, 1.82) is 0 Å². The van der Waals surface area contributed by atoms with Crippen molar-refractivity contribution in [3.8, 4) is 5.75 Å². The smallest absolute Gasteiger partial charge is 0.338 e. The van der Waals surface area contributed by atoms with Gasteiger partial charge in [-0.2, -0.15) is 0 Å². The summed E-state index contributed by atoms with van der Waals surface area (Å²) in [6, 6.07) is 14.3. The van der Waals surface area contributed by atoms with Gasteiger partial charge in [-0.15, -0.1) is 0 Å². The van der Waals surface area contributed by atoms with Crippen LogP contribution in [0, 0.1) is 11.8 Å². The number of phenols is 1. The zero-order valence-corrected chi connectivity index (χ0v) is 25.2. The monoisotopic (exact) mass is 616 g/mol. The Morgan fingerprint density at radius 3 is 2.49 bits per heavy atom. The van der Waals surface area contributed by atoms with Crippen LogP contribution in [0.15, 0.2) is 66.3 Å². The predicted molar refractivity (Wildman–Crippen MR) is 165 cm³/mol. The molecule has 2 amide bonds. The van der Waals surface area contributed by atoms with Gasteiger partial charge in [-0.25, -0.2) is 4.79 Å². The molecule has 4 aliphatic rings. The van der Waals surface area contributed by atoms with Crippen LogP contribution in [0.3, 0.4) is 0 Å². The first-order chi connectivity index (χ1) is 21.9. The maximum Gasteiger partial charge on any atom is 0.338 e. The van der Waals surface area contributed by atoms with Crippen LogP contribution >= 0.6 is 0 Å². The summed E-state index contributed by atoms with van der Waals surface area (Å²) in [7, 11) is 0. The van der Waals surface area contributed by atoms with Crippen LogP contribution in [0.5, 0.6) is 5.75 Å². The summed E-state index contributed by atoms with van der Waals surface area (Å²) in [6.45, 7) is 0.133. The van der Waals surface area contributed by atoms with Crippen LogP contribution in [0.2, 0.25) is 0 Å². The van der Waals surface area contributed by atoms with E-state index in [0.717, 1.165) is 36.8 Å². The normalized spacial score (nSPS) is 23.7. The van der Waals surface area contributed by atoms with Crippen LogP contribution in [-0.2, 0) is 30.2 Å². The molecule has 6 rings (SSSR count). The maximum absolute atomic E-state index is 13.5. The first-order valence-electron chi connectivity index (χ1n) is 15.8. The van der Waals surface area contributed by atoms with E-state index in [1.54, 1.807) is 36.4 Å². The van der Waals surface area contributed by atoms with Gasteiger partial charge in [0.15, 0.2) is 5.79 Å². The van der Waals surface area contributed by atoms with Gasteiger partial charge in [-0.1, -0.05) is 42.5 Å². The zero-order valence-electron chi connectivity index (χ0n) is 25.2. The van der Waals surface area contributed by atoms with E-state index in [-0.39, 0.29) is 50.1 Å². The van der Waals surface area contributed by atoms with E-state index in [4.69, 9.17) is 19.3 Å². The number of carbonyl (C=O) groups excluding carboxylic acids is 3. The van der Waals surface area contributed by atoms with Crippen molar-refractivity contribution in [1.82, 2.24) is 10.6 Å². The molecule has 2 aromatic carbocycles. The van der Waals surface area contributed by atoms with E-state index in [2.05, 4.69) is 10.6 Å². The van der Waals surface area contributed by atoms with Gasteiger partial charge in [0.1, 0.15) is 24.1 Å². The highest BCUT2D eigenvalue weighted by Gasteiger charge is 2.64. The molecule has 2 aromatic rings. The van der Waals surface area contributed by atoms with Crippen molar-refractivity contribution in [3.63, 3.8) is 0 Å². The van der Waals surface area contributed by atoms with Crippen molar-refractivity contribution in [2.24, 2.45) is 11.8 Å². The number of aliphatic hydroxyl groups is 1. The molecule has 10 heteroatoms. The molecule has 10 nitrogen and oxygen atoms in total. The molecule has 3 atom stereocenters. The second-order valence-electron chi connectivity index (χ2n) is 12.2. The van der Waals surface area contributed by atoms with Crippen LogP contribution in [0.4, 0.5) is 0 Å². The van der Waals surface area contributed by atoms with Crippen LogP contribution in [-0.4, -0.2) is 71.8 Å². The van der Waals surface area contributed by atoms with Gasteiger partial charge in [-0.05, 0) is 67.5 Å². The number of ether oxygens (including phenoxy) is 3. The van der Waals surface area contributed by atoms with Crippen LogP contribution in [0.1, 0.15) is 60.0 Å². The van der Waals surface area contributed by atoms with Gasteiger partial charge in [-0.3, -0.25) is 9.59 Å². The lowest BCUT2D eigenvalue weighted by molar-refractivity contribution is -0.209. The average Bonchev–Trinajstić information content (AvgIpc) is 3.98. The Labute approximate surface area is 262 Å². The number of benzene rings is 2. The summed E-state index contributed by atoms with van der Waals surface area (Å²) < 4.78 is 19.4. The number of para-hydroxylation sites is 1. The Hall–Kier alpha value is -3.99. The molecule has 0 bridgehead atoms. The van der Waals surface area contributed by atoms with Gasteiger partial charge >= 0.3 is 5.97 Å². The number of hydrogen-bond donors (Lipinski definition) is 4. The van der Waals surface area contributed by atoms with Crippen molar-refractivity contribution >= 4 is 23.9 Å². The lowest BCUT2D eigenvalue weighted by Gasteiger charge is -2.31. The summed E-state index contributed by atoms with van der Waals surface area (Å²) in [5, 5.41) is 24.3. The highest BCUT2D eigenvalue weighted by atomic mass is 16.8. The molecule has 0 aromatic heterocycles. The lowest BCUT2D eigenvalue weighted by Crippen LogP contribution is -2.44. The number of hydrogen-bond acceptors (Lipinski definition) is 8. The van der Waals surface area contributed by atoms with Crippen molar-refractivity contribution in [3.05, 3.63) is 82.9 Å². The van der Waals surface area contributed by atoms with Gasteiger partial charge in [0.25, 0.3) is 0 Å². The Morgan fingerprint density at radius 1 is 0.978 bits per heavy atom. The Bertz CT molecular complexity index is 1470. The molecular formula is C35H40N2O8. The number of nitrogens with one attached hydrogen (secondary N) is 2. The Morgan fingerprint density at radius 2 is 1.76 bits per heavy atom. The van der Waals surface area contributed by atoms with E-state index >= 15 is 0 Å². The SMILES string of the molecule is O=C(CCNC(=O)C1=C[C@H]2OC(C3CC3)(C3CC3)O[C@H]2[C@H](OC(=O)c2cccc(C=CCc3ccccc3O)c2)C1)NCCO. The minimum absolute atomic E-state index is 0.0763. The molecule has 3 aliphatic carbocycles. The van der Waals surface area contributed by atoms with E-state index in [1.807, 2.05) is 30.4 Å². The molecular weight excluding hydrogens is 576 g/mol. The maximum atomic E-state index is 13.5. The highest BCUT2D eigenvalue weighted by molar-refractivity contribution is 5.94. The number of esters is 1. The van der Waals surface area contributed by atoms with Gasteiger partial charge in [0.05, 0.1) is 12.2 Å². The minimum atomic E-state index is -0.735. The van der Waals surface area contributed by atoms with Crippen molar-refractivity contribution in [2.75, 3.05) is 19.7 Å². The number of fused-ring (bicyclic) bond motifs is 1. The number of aliphatic hydroxyl groups excluding tert-OH is 1. The third kappa shape index (κ3) is 7.30. The molecule has 0 unspecified atom stereocenters. The third-order valence-electron chi connectivity index (χ3n) is 8.79. The summed E-state index contributed by atoms with van der Waals surface area (Å²) in [5.41, 5.74) is 2.42. The molecule has 1 saturated heterocycles. The fourth-order valence-electron chi connectivity index (χ4n) is 6.24. The first kappa shape index (κ1) is 31.0. The highest BCUT2D eigenvalue weighted by Crippen LogP contribution is 2.59. The number of amides is 2. The average molecular weight is 617 g/mol. The van der Waals surface area contributed by atoms with Gasteiger partial charge < -0.3 is 35.1 Å². The topological polar surface area (TPSA) is 143 Å². The molecule has 0 radical (unpaired) electrons. The summed E-state index contributed by atoms with van der Waals surface area (Å²) in [6.07, 6.45) is 8.70. The minimum Gasteiger partial charge on any atom is -0.508 e. The van der Waals surface area contributed by atoms with Crippen molar-refractivity contribution < 1.29 is 38.8 Å². The molecule has 3 fully saturated rings. The van der Waals surface area contributed by atoms with Crippen LogP contribution < -0.4 is 10.6 Å². The molecule has 4 N–H and O–H groups in total. The van der Waals surface area contributed by atoms with Gasteiger partial charge in [0.2, 0.25) is 11.8 Å². The molecule has 1 heterocycles. The first-order valence-corrected chi connectivity index (χ1v) is 15.8. The second kappa shape index (κ2) is 13.6. The molecule has 45 heavy (non-hydrogen) atoms. The van der Waals surface area contributed by atoms with E-state index in [0.29, 0.717) is 29.4 Å². The predicted octanol–water partition coefficient (Wildman–Crippen LogP) is 3.42. The fraction of sp³-hybridized carbons (Fsp3) is 0.457. The van der Waals surface area contributed by atoms with E-state index in [9.17, 15) is 19.5 Å². The van der Waals surface area contributed by atoms with E-state index in [1.165, 1.54) is 0 Å². The Balaban J connectivity index is 1.14. The standard InChI is InChI=1S/C35H40N2O8/c38-18-17-36-31(40)15-16-37-33(41)25-20-29(32-30(21-25)44-35(45-32,26-11-12-26)27-13-14-27)43-34(42)24-9-4-6-22(19-24)5-3-8-23-7-1-2-10-28(23)39/h1-7,9-10,19,21,26-27,29-30,32,38-39H,8,11-18,20H2,(H,36,40)(H,37,41)/t29-,30-,32+/m1/s1. The van der Waals surface area contributed by atoms with Crippen molar-refractivity contribution in [2.45, 2.75) is 69.0 Å². The summed E-state index contributed by atoms with van der Waals surface area (Å²) >= 11 is 0. The molecule has 238 valence electrons. The molecule has 1 aliphatic heterocycles. The number of allylic oxidation sites excluding steroid dienone is 1. The number of carbonyl (C=O) groups is 3. The summed E-state index contributed by atoms with van der Waals surface area (Å²) in [5.74, 6) is -0.995. The second-order valence-corrected chi connectivity index (χ2v) is 12.2. The lowest BCUT2D eigenvalue weighted by atomic mass is 9.91.